The molecule has 14 heavy (non-hydrogen) atoms. The molecule has 1 heterocycles. The predicted molar refractivity (Wildman–Crippen MR) is 57.6 cm³/mol. The second kappa shape index (κ2) is 3.29. The molecular weight excluding hydrogens is 174 g/mol. The lowest BCUT2D eigenvalue weighted by atomic mass is 10.1. The molecule has 1 aromatic heterocycles. The number of para-hydroxylation sites is 1. The predicted octanol–water partition coefficient (Wildman–Crippen LogP) is 2.86. The maximum atomic E-state index is 11.4. The van der Waals surface area contributed by atoms with Crippen LogP contribution < -0.4 is 0 Å². The highest BCUT2D eigenvalue weighted by Crippen LogP contribution is 2.20. The quantitative estimate of drug-likeness (QED) is 0.662. The Labute approximate surface area is 83.2 Å². The van der Waals surface area contributed by atoms with E-state index in [1.165, 1.54) is 0 Å². The molecule has 72 valence electrons. The van der Waals surface area contributed by atoms with Crippen LogP contribution in [-0.4, -0.2) is 10.4 Å². The van der Waals surface area contributed by atoms with Gasteiger partial charge in [-0.1, -0.05) is 12.1 Å². The van der Waals surface area contributed by atoms with E-state index in [0.29, 0.717) is 0 Å². The Morgan fingerprint density at radius 2 is 2.14 bits per heavy atom. The molecule has 0 fully saturated rings. The number of benzene rings is 1. The van der Waals surface area contributed by atoms with Crippen LogP contribution in [0.25, 0.3) is 10.9 Å². The fourth-order valence-electron chi connectivity index (χ4n) is 1.81. The summed E-state index contributed by atoms with van der Waals surface area (Å²) in [5.41, 5.74) is 1.87. The zero-order valence-corrected chi connectivity index (χ0v) is 8.45. The summed E-state index contributed by atoms with van der Waals surface area (Å²) < 4.78 is 2.10. The van der Waals surface area contributed by atoms with Crippen LogP contribution in [0.4, 0.5) is 0 Å². The van der Waals surface area contributed by atoms with E-state index >= 15 is 0 Å². The Bertz CT molecular complexity index is 482. The highest BCUT2D eigenvalue weighted by molar-refractivity contribution is 6.05. The highest BCUT2D eigenvalue weighted by atomic mass is 16.1. The van der Waals surface area contributed by atoms with Crippen LogP contribution in [0.2, 0.25) is 0 Å². The summed E-state index contributed by atoms with van der Waals surface area (Å²) in [6, 6.07) is 7.90. The number of Topliss-reactive ketones (excluding diaryl/α,β-unsaturated/α-hetero) is 1. The van der Waals surface area contributed by atoms with Crippen molar-refractivity contribution >= 4 is 16.7 Å². The molecule has 2 heteroatoms. The fraction of sp³-hybridized carbons (Fsp3) is 0.250. The molecule has 2 nitrogen and oxygen atoms in total. The van der Waals surface area contributed by atoms with Crippen LogP contribution in [0.15, 0.2) is 30.5 Å². The number of aromatic nitrogens is 1. The molecule has 0 radical (unpaired) electrons. The number of aryl methyl sites for hydroxylation is 1. The topological polar surface area (TPSA) is 22.0 Å². The Morgan fingerprint density at radius 3 is 2.79 bits per heavy atom. The lowest BCUT2D eigenvalue weighted by Crippen LogP contribution is -1.99. The molecule has 0 bridgehead atoms. The van der Waals surface area contributed by atoms with Gasteiger partial charge in [-0.3, -0.25) is 4.79 Å². The van der Waals surface area contributed by atoms with Gasteiger partial charge in [0, 0.05) is 23.7 Å². The Morgan fingerprint density at radius 1 is 1.36 bits per heavy atom. The number of rotatable bonds is 2. The van der Waals surface area contributed by atoms with Gasteiger partial charge in [0.15, 0.2) is 5.78 Å². The van der Waals surface area contributed by atoms with Crippen molar-refractivity contribution in [3.63, 3.8) is 0 Å². The Balaban J connectivity index is 2.81. The molecule has 0 unspecified atom stereocenters. The molecule has 0 spiro atoms. The highest BCUT2D eigenvalue weighted by Gasteiger charge is 2.08. The number of fused-ring (bicyclic) bond motifs is 1. The number of carbonyl (C=O) groups excluding carboxylic acids is 1. The van der Waals surface area contributed by atoms with E-state index in [2.05, 4.69) is 11.5 Å². The molecule has 0 amide bonds. The first kappa shape index (κ1) is 9.00. The van der Waals surface area contributed by atoms with E-state index in [1.54, 1.807) is 6.92 Å². The van der Waals surface area contributed by atoms with Crippen molar-refractivity contribution in [2.24, 2.45) is 0 Å². The third kappa shape index (κ3) is 1.23. The maximum Gasteiger partial charge on any atom is 0.161 e. The average Bonchev–Trinajstić information content (AvgIpc) is 2.59. The molecule has 0 aliphatic rings. The van der Waals surface area contributed by atoms with E-state index in [1.807, 2.05) is 30.5 Å². The summed E-state index contributed by atoms with van der Waals surface area (Å²) in [5, 5.41) is 1.14. The van der Waals surface area contributed by atoms with Gasteiger partial charge in [-0.05, 0) is 26.0 Å². The molecule has 0 aliphatic carbocycles. The van der Waals surface area contributed by atoms with Crippen LogP contribution in [0, 0.1) is 0 Å². The third-order valence-electron chi connectivity index (χ3n) is 2.51. The number of nitrogens with zero attached hydrogens (tertiary/aromatic N) is 1. The SMILES string of the molecule is CCn1ccc2cccc(C(C)=O)c21. The molecule has 0 atom stereocenters. The summed E-state index contributed by atoms with van der Waals surface area (Å²) in [5.74, 6) is 0.129. The standard InChI is InChI=1S/C12H13NO/c1-3-13-8-7-10-5-4-6-11(9(2)14)12(10)13/h4-8H,3H2,1-2H3. The van der Waals surface area contributed by atoms with Gasteiger partial charge >= 0.3 is 0 Å². The van der Waals surface area contributed by atoms with Crippen LogP contribution in [0.1, 0.15) is 24.2 Å². The van der Waals surface area contributed by atoms with E-state index < -0.39 is 0 Å². The van der Waals surface area contributed by atoms with Crippen LogP contribution >= 0.6 is 0 Å². The summed E-state index contributed by atoms with van der Waals surface area (Å²) in [4.78, 5) is 11.4. The van der Waals surface area contributed by atoms with E-state index in [0.717, 1.165) is 23.0 Å². The molecule has 0 saturated heterocycles. The summed E-state index contributed by atoms with van der Waals surface area (Å²) >= 11 is 0. The first-order valence-electron chi connectivity index (χ1n) is 4.83. The molecule has 0 N–H and O–H groups in total. The van der Waals surface area contributed by atoms with Gasteiger partial charge in [-0.25, -0.2) is 0 Å². The van der Waals surface area contributed by atoms with Crippen molar-refractivity contribution in [1.82, 2.24) is 4.57 Å². The van der Waals surface area contributed by atoms with E-state index in [9.17, 15) is 4.79 Å². The molecule has 0 saturated carbocycles. The van der Waals surface area contributed by atoms with Crippen molar-refractivity contribution in [2.75, 3.05) is 0 Å². The van der Waals surface area contributed by atoms with Crippen molar-refractivity contribution in [3.05, 3.63) is 36.0 Å². The van der Waals surface area contributed by atoms with Crippen molar-refractivity contribution in [3.8, 4) is 0 Å². The second-order valence-corrected chi connectivity index (χ2v) is 3.40. The van der Waals surface area contributed by atoms with E-state index in [4.69, 9.17) is 0 Å². The van der Waals surface area contributed by atoms with Crippen molar-refractivity contribution in [1.29, 1.82) is 0 Å². The van der Waals surface area contributed by atoms with Crippen LogP contribution in [-0.2, 0) is 6.54 Å². The minimum atomic E-state index is 0.129. The fourth-order valence-corrected chi connectivity index (χ4v) is 1.81. The summed E-state index contributed by atoms with van der Waals surface area (Å²) in [6.45, 7) is 4.59. The minimum absolute atomic E-state index is 0.129. The average molecular weight is 187 g/mol. The lowest BCUT2D eigenvalue weighted by Gasteiger charge is -2.04. The van der Waals surface area contributed by atoms with Crippen LogP contribution in [0.5, 0.6) is 0 Å². The normalized spacial score (nSPS) is 10.7. The molecular formula is C12H13NO. The molecule has 2 aromatic rings. The number of hydrogen-bond donors (Lipinski definition) is 0. The van der Waals surface area contributed by atoms with Gasteiger partial charge in [-0.15, -0.1) is 0 Å². The van der Waals surface area contributed by atoms with Gasteiger partial charge in [0.1, 0.15) is 0 Å². The first-order chi connectivity index (χ1) is 6.74. The molecule has 2 rings (SSSR count). The summed E-state index contributed by atoms with van der Waals surface area (Å²) in [7, 11) is 0. The number of ketones is 1. The first-order valence-corrected chi connectivity index (χ1v) is 4.83. The molecule has 1 aromatic carbocycles. The monoisotopic (exact) mass is 187 g/mol. The summed E-state index contributed by atoms with van der Waals surface area (Å²) in [6.07, 6.45) is 2.02. The Hall–Kier alpha value is -1.57. The van der Waals surface area contributed by atoms with Crippen molar-refractivity contribution < 1.29 is 4.79 Å². The maximum absolute atomic E-state index is 11.4. The van der Waals surface area contributed by atoms with E-state index in [-0.39, 0.29) is 5.78 Å². The lowest BCUT2D eigenvalue weighted by molar-refractivity contribution is 0.101. The third-order valence-corrected chi connectivity index (χ3v) is 2.51. The minimum Gasteiger partial charge on any atom is -0.347 e. The van der Waals surface area contributed by atoms with Gasteiger partial charge < -0.3 is 4.57 Å². The zero-order valence-electron chi connectivity index (χ0n) is 8.45. The molecule has 0 aliphatic heterocycles. The van der Waals surface area contributed by atoms with Gasteiger partial charge in [0.25, 0.3) is 0 Å². The van der Waals surface area contributed by atoms with Crippen molar-refractivity contribution in [2.45, 2.75) is 20.4 Å². The smallest absolute Gasteiger partial charge is 0.161 e. The number of hydrogen-bond acceptors (Lipinski definition) is 1. The van der Waals surface area contributed by atoms with Gasteiger partial charge in [0.05, 0.1) is 5.52 Å². The Kier molecular flexibility index (Phi) is 2.12. The largest absolute Gasteiger partial charge is 0.347 e. The van der Waals surface area contributed by atoms with Gasteiger partial charge in [-0.2, -0.15) is 0 Å². The van der Waals surface area contributed by atoms with Crippen LogP contribution in [0.3, 0.4) is 0 Å². The number of carbonyl (C=O) groups is 1. The zero-order chi connectivity index (χ0) is 10.1. The second-order valence-electron chi connectivity index (χ2n) is 3.40. The van der Waals surface area contributed by atoms with Gasteiger partial charge in [0.2, 0.25) is 0 Å².